The van der Waals surface area contributed by atoms with Gasteiger partial charge in [0.05, 0.1) is 5.56 Å². The normalized spacial score (nSPS) is 11.4. The highest BCUT2D eigenvalue weighted by Crippen LogP contribution is 2.33. The topological polar surface area (TPSA) is 87.7 Å². The van der Waals surface area contributed by atoms with E-state index in [0.29, 0.717) is 22.8 Å². The van der Waals surface area contributed by atoms with Gasteiger partial charge in [0.1, 0.15) is 17.5 Å². The van der Waals surface area contributed by atoms with Gasteiger partial charge in [-0.05, 0) is 54.4 Å². The van der Waals surface area contributed by atoms with Crippen molar-refractivity contribution in [2.24, 2.45) is 0 Å². The van der Waals surface area contributed by atoms with Crippen molar-refractivity contribution in [2.75, 3.05) is 11.9 Å². The fourth-order valence-corrected chi connectivity index (χ4v) is 4.12. The van der Waals surface area contributed by atoms with Gasteiger partial charge in [0, 0.05) is 29.2 Å². The zero-order valence-electron chi connectivity index (χ0n) is 20.3. The molecule has 4 aromatic rings. The molecule has 0 aliphatic heterocycles. The number of carboxylic acid groups (broad SMARTS) is 1. The Hall–Kier alpha value is -4.29. The van der Waals surface area contributed by atoms with E-state index in [9.17, 15) is 14.7 Å². The Morgan fingerprint density at radius 3 is 2.32 bits per heavy atom. The highest BCUT2D eigenvalue weighted by Gasteiger charge is 2.23. The summed E-state index contributed by atoms with van der Waals surface area (Å²) in [5, 5.41) is 15.9. The van der Waals surface area contributed by atoms with E-state index in [-0.39, 0.29) is 6.42 Å². The monoisotopic (exact) mass is 514 g/mol. The van der Waals surface area contributed by atoms with Crippen LogP contribution in [0.1, 0.15) is 22.8 Å². The zero-order valence-corrected chi connectivity index (χ0v) is 21.0. The van der Waals surface area contributed by atoms with Crippen LogP contribution in [0.15, 0.2) is 97.1 Å². The maximum absolute atomic E-state index is 12.9. The van der Waals surface area contributed by atoms with Gasteiger partial charge < -0.3 is 20.5 Å². The summed E-state index contributed by atoms with van der Waals surface area (Å²) in [6.45, 7) is 2.52. The van der Waals surface area contributed by atoms with Crippen molar-refractivity contribution in [1.82, 2.24) is 5.32 Å². The molecule has 0 bridgehead atoms. The quantitative estimate of drug-likeness (QED) is 0.220. The van der Waals surface area contributed by atoms with E-state index < -0.39 is 17.9 Å². The number of hydrogen-bond donors (Lipinski definition) is 3. The summed E-state index contributed by atoms with van der Waals surface area (Å²) < 4.78 is 6.07. The summed E-state index contributed by atoms with van der Waals surface area (Å²) in [4.78, 5) is 24.9. The molecule has 0 spiro atoms. The molecule has 0 aliphatic carbocycles. The number of hydrogen-bond acceptors (Lipinski definition) is 4. The largest absolute Gasteiger partial charge is 0.480 e. The summed E-state index contributed by atoms with van der Waals surface area (Å²) in [5.41, 5.74) is 3.51. The Kier molecular flexibility index (Phi) is 8.44. The van der Waals surface area contributed by atoms with Gasteiger partial charge in [0.25, 0.3) is 5.91 Å². The third-order valence-corrected chi connectivity index (χ3v) is 5.99. The maximum atomic E-state index is 12.9. The van der Waals surface area contributed by atoms with Crippen LogP contribution in [-0.2, 0) is 11.2 Å². The van der Waals surface area contributed by atoms with Gasteiger partial charge in [0.15, 0.2) is 0 Å². The molecule has 4 rings (SSSR count). The molecule has 0 fully saturated rings. The number of halogens is 1. The van der Waals surface area contributed by atoms with Crippen LogP contribution in [0.4, 0.5) is 5.69 Å². The van der Waals surface area contributed by atoms with Crippen LogP contribution in [0, 0.1) is 0 Å². The molecule has 1 amide bonds. The molecule has 7 heteroatoms. The van der Waals surface area contributed by atoms with Gasteiger partial charge in [-0.1, -0.05) is 72.3 Å². The van der Waals surface area contributed by atoms with E-state index in [4.69, 9.17) is 16.3 Å². The number of nitrogens with one attached hydrogen (secondary N) is 2. The fraction of sp³-hybridized carbons (Fsp3) is 0.133. The van der Waals surface area contributed by atoms with Gasteiger partial charge in [-0.25, -0.2) is 4.79 Å². The van der Waals surface area contributed by atoms with E-state index in [1.165, 1.54) is 6.07 Å². The molecule has 188 valence electrons. The lowest BCUT2D eigenvalue weighted by atomic mass is 9.99. The molecular weight excluding hydrogens is 488 g/mol. The van der Waals surface area contributed by atoms with Crippen molar-refractivity contribution >= 4 is 29.2 Å². The number of anilines is 1. The number of ether oxygens (including phenoxy) is 1. The van der Waals surface area contributed by atoms with Gasteiger partial charge in [0.2, 0.25) is 0 Å². The minimum atomic E-state index is -1.12. The predicted octanol–water partition coefficient (Wildman–Crippen LogP) is 6.66. The Morgan fingerprint density at radius 2 is 1.62 bits per heavy atom. The fourth-order valence-electron chi connectivity index (χ4n) is 3.95. The lowest BCUT2D eigenvalue weighted by molar-refractivity contribution is -0.139. The van der Waals surface area contributed by atoms with Crippen molar-refractivity contribution < 1.29 is 19.4 Å². The molecule has 0 unspecified atom stereocenters. The lowest BCUT2D eigenvalue weighted by Gasteiger charge is -2.17. The highest BCUT2D eigenvalue weighted by atomic mass is 35.5. The standard InChI is InChI=1S/C30H27ClN2O4/c1-2-32-26-17-16-22(31)19-25(26)29(34)33-27(30(35)36)18-20-12-14-21(15-13-20)24-10-6-7-11-28(24)37-23-8-4-3-5-9-23/h3-17,19,27,32H,2,18H2,1H3,(H,33,34)(H,35,36)/t27-/m0/s1. The van der Waals surface area contributed by atoms with E-state index in [0.717, 1.165) is 28.2 Å². The smallest absolute Gasteiger partial charge is 0.326 e. The van der Waals surface area contributed by atoms with Crippen molar-refractivity contribution in [1.29, 1.82) is 0 Å². The van der Waals surface area contributed by atoms with Crippen LogP contribution >= 0.6 is 11.6 Å². The highest BCUT2D eigenvalue weighted by molar-refractivity contribution is 6.31. The number of carboxylic acids is 1. The third-order valence-electron chi connectivity index (χ3n) is 5.76. The minimum absolute atomic E-state index is 0.126. The SMILES string of the molecule is CCNc1ccc(Cl)cc1C(=O)N[C@@H](Cc1ccc(-c2ccccc2Oc2ccccc2)cc1)C(=O)O. The van der Waals surface area contributed by atoms with Crippen LogP contribution in [0.2, 0.25) is 5.02 Å². The third kappa shape index (κ3) is 6.68. The van der Waals surface area contributed by atoms with E-state index in [1.807, 2.05) is 85.8 Å². The van der Waals surface area contributed by atoms with Gasteiger partial charge >= 0.3 is 5.97 Å². The molecule has 4 aromatic carbocycles. The molecule has 0 aromatic heterocycles. The van der Waals surface area contributed by atoms with Crippen LogP contribution in [-0.4, -0.2) is 29.6 Å². The van der Waals surface area contributed by atoms with Gasteiger partial charge in [-0.2, -0.15) is 0 Å². The second-order valence-electron chi connectivity index (χ2n) is 8.40. The first kappa shape index (κ1) is 25.8. The van der Waals surface area contributed by atoms with E-state index >= 15 is 0 Å². The molecule has 0 saturated heterocycles. The van der Waals surface area contributed by atoms with Crippen molar-refractivity contribution in [3.05, 3.63) is 113 Å². The number of aliphatic carboxylic acids is 1. The van der Waals surface area contributed by atoms with Crippen molar-refractivity contribution in [3.8, 4) is 22.6 Å². The molecule has 1 atom stereocenters. The number of benzene rings is 4. The average molecular weight is 515 g/mol. The average Bonchev–Trinajstić information content (AvgIpc) is 2.91. The van der Waals surface area contributed by atoms with Crippen LogP contribution < -0.4 is 15.4 Å². The summed E-state index contributed by atoms with van der Waals surface area (Å²) in [5.74, 6) is -0.167. The Bertz CT molecular complexity index is 1370. The van der Waals surface area contributed by atoms with Gasteiger partial charge in [-0.3, -0.25) is 4.79 Å². The summed E-state index contributed by atoms with van der Waals surface area (Å²) in [6, 6.07) is 28.6. The molecular formula is C30H27ClN2O4. The summed E-state index contributed by atoms with van der Waals surface area (Å²) in [6.07, 6.45) is 0.126. The molecule has 37 heavy (non-hydrogen) atoms. The van der Waals surface area contributed by atoms with Gasteiger partial charge in [-0.15, -0.1) is 0 Å². The molecule has 3 N–H and O–H groups in total. The second-order valence-corrected chi connectivity index (χ2v) is 8.83. The van der Waals surface area contributed by atoms with E-state index in [2.05, 4.69) is 10.6 Å². The first-order valence-electron chi connectivity index (χ1n) is 11.9. The van der Waals surface area contributed by atoms with E-state index in [1.54, 1.807) is 12.1 Å². The lowest BCUT2D eigenvalue weighted by Crippen LogP contribution is -2.42. The molecule has 0 aliphatic rings. The predicted molar refractivity (Wildman–Crippen MR) is 147 cm³/mol. The van der Waals surface area contributed by atoms with Crippen molar-refractivity contribution in [2.45, 2.75) is 19.4 Å². The first-order chi connectivity index (χ1) is 17.9. The number of para-hydroxylation sites is 2. The first-order valence-corrected chi connectivity index (χ1v) is 12.3. The number of carbonyl (C=O) groups excluding carboxylic acids is 1. The maximum Gasteiger partial charge on any atom is 0.326 e. The number of amides is 1. The summed E-state index contributed by atoms with van der Waals surface area (Å²) in [7, 11) is 0. The Labute approximate surface area is 220 Å². The van der Waals surface area contributed by atoms with Crippen molar-refractivity contribution in [3.63, 3.8) is 0 Å². The number of carbonyl (C=O) groups is 2. The Balaban J connectivity index is 1.50. The van der Waals surface area contributed by atoms with Crippen LogP contribution in [0.5, 0.6) is 11.5 Å². The molecule has 0 saturated carbocycles. The second kappa shape index (κ2) is 12.1. The zero-order chi connectivity index (χ0) is 26.2. The number of rotatable bonds is 10. The van der Waals surface area contributed by atoms with Crippen LogP contribution in [0.25, 0.3) is 11.1 Å². The summed E-state index contributed by atoms with van der Waals surface area (Å²) >= 11 is 6.08. The molecule has 0 heterocycles. The van der Waals surface area contributed by atoms with Crippen LogP contribution in [0.3, 0.4) is 0 Å². The molecule has 6 nitrogen and oxygen atoms in total. The minimum Gasteiger partial charge on any atom is -0.480 e. The Morgan fingerprint density at radius 1 is 0.919 bits per heavy atom. The molecule has 0 radical (unpaired) electrons.